The molecule has 5 nitrogen and oxygen atoms in total. The van der Waals surface area contributed by atoms with Gasteiger partial charge in [-0.25, -0.2) is 4.98 Å². The summed E-state index contributed by atoms with van der Waals surface area (Å²) in [5.41, 5.74) is 12.9. The highest BCUT2D eigenvalue weighted by molar-refractivity contribution is 5.67. The molecule has 4 N–H and O–H groups in total. The lowest BCUT2D eigenvalue weighted by Gasteiger charge is -2.14. The maximum Gasteiger partial charge on any atom is 0.215 e. The summed E-state index contributed by atoms with van der Waals surface area (Å²) in [6.45, 7) is 1.84. The van der Waals surface area contributed by atoms with Crippen molar-refractivity contribution in [2.45, 2.75) is 13.0 Å². The molecule has 5 heteroatoms. The van der Waals surface area contributed by atoms with E-state index in [1.54, 1.807) is 13.2 Å². The Balaban J connectivity index is 3.20. The van der Waals surface area contributed by atoms with Crippen molar-refractivity contribution in [2.24, 2.45) is 0 Å². The third-order valence-corrected chi connectivity index (χ3v) is 2.04. The van der Waals surface area contributed by atoms with Gasteiger partial charge in [-0.2, -0.15) is 0 Å². The number of pyridine rings is 1. The summed E-state index contributed by atoms with van der Waals surface area (Å²) < 4.78 is 10.1. The van der Waals surface area contributed by atoms with E-state index in [0.717, 1.165) is 0 Å². The van der Waals surface area contributed by atoms with Crippen LogP contribution in [0.3, 0.4) is 0 Å². The molecule has 0 saturated heterocycles. The minimum Gasteiger partial charge on any atom is -0.481 e. The number of nitrogens with zero attached hydrogens (tertiary/aromatic N) is 1. The van der Waals surface area contributed by atoms with Gasteiger partial charge in [0.25, 0.3) is 0 Å². The van der Waals surface area contributed by atoms with E-state index in [4.69, 9.17) is 20.9 Å². The number of nitrogen functional groups attached to an aromatic ring is 2. The fourth-order valence-corrected chi connectivity index (χ4v) is 1.10. The molecule has 0 aliphatic heterocycles. The zero-order chi connectivity index (χ0) is 10.7. The van der Waals surface area contributed by atoms with Crippen molar-refractivity contribution in [3.63, 3.8) is 0 Å². The van der Waals surface area contributed by atoms with Gasteiger partial charge >= 0.3 is 0 Å². The molecule has 14 heavy (non-hydrogen) atoms. The van der Waals surface area contributed by atoms with Gasteiger partial charge in [-0.3, -0.25) is 0 Å². The largest absolute Gasteiger partial charge is 0.481 e. The van der Waals surface area contributed by atoms with Gasteiger partial charge in [0, 0.05) is 13.2 Å². The van der Waals surface area contributed by atoms with E-state index in [9.17, 15) is 0 Å². The SMILES string of the molecule is COc1cc(N)c(N)c(C(C)OC)n1. The van der Waals surface area contributed by atoms with E-state index in [0.29, 0.717) is 22.9 Å². The van der Waals surface area contributed by atoms with Crippen molar-refractivity contribution in [3.8, 4) is 5.88 Å². The smallest absolute Gasteiger partial charge is 0.215 e. The summed E-state index contributed by atoms with van der Waals surface area (Å²) in [6.07, 6.45) is -0.201. The lowest BCUT2D eigenvalue weighted by atomic mass is 10.2. The van der Waals surface area contributed by atoms with Crippen molar-refractivity contribution in [1.29, 1.82) is 0 Å². The molecule has 1 unspecified atom stereocenters. The first-order valence-corrected chi connectivity index (χ1v) is 4.22. The second-order valence-electron chi connectivity index (χ2n) is 2.93. The molecule has 0 bridgehead atoms. The third-order valence-electron chi connectivity index (χ3n) is 2.04. The van der Waals surface area contributed by atoms with Crippen LogP contribution in [0.2, 0.25) is 0 Å². The Morgan fingerprint density at radius 2 is 2.00 bits per heavy atom. The molecule has 1 aromatic heterocycles. The molecule has 0 saturated carbocycles. The first kappa shape index (κ1) is 10.6. The molecule has 0 spiro atoms. The number of rotatable bonds is 3. The number of anilines is 2. The number of nitrogens with two attached hydrogens (primary N) is 2. The molecule has 0 fully saturated rings. The van der Waals surface area contributed by atoms with E-state index >= 15 is 0 Å². The molecule has 0 aliphatic carbocycles. The van der Waals surface area contributed by atoms with Crippen molar-refractivity contribution in [3.05, 3.63) is 11.8 Å². The Bertz CT molecular complexity index is 328. The van der Waals surface area contributed by atoms with Crippen LogP contribution in [0.5, 0.6) is 5.88 Å². The zero-order valence-corrected chi connectivity index (χ0v) is 8.57. The predicted molar refractivity (Wildman–Crippen MR) is 55.0 cm³/mol. The fourth-order valence-electron chi connectivity index (χ4n) is 1.10. The first-order valence-electron chi connectivity index (χ1n) is 4.22. The average molecular weight is 197 g/mol. The Morgan fingerprint density at radius 1 is 1.36 bits per heavy atom. The van der Waals surface area contributed by atoms with Crippen LogP contribution in [0.15, 0.2) is 6.07 Å². The van der Waals surface area contributed by atoms with Crippen LogP contribution in [-0.2, 0) is 4.74 Å². The lowest BCUT2D eigenvalue weighted by Crippen LogP contribution is -2.08. The number of hydrogen-bond acceptors (Lipinski definition) is 5. The molecular formula is C9H15N3O2. The number of hydrogen-bond donors (Lipinski definition) is 2. The maximum atomic E-state index is 5.76. The van der Waals surface area contributed by atoms with Crippen LogP contribution in [-0.4, -0.2) is 19.2 Å². The Morgan fingerprint density at radius 3 is 2.50 bits per heavy atom. The Hall–Kier alpha value is -1.49. The monoisotopic (exact) mass is 197 g/mol. The highest BCUT2D eigenvalue weighted by atomic mass is 16.5. The number of ether oxygens (including phenoxy) is 2. The van der Waals surface area contributed by atoms with Crippen LogP contribution in [0.1, 0.15) is 18.7 Å². The average Bonchev–Trinajstić information content (AvgIpc) is 2.20. The highest BCUT2D eigenvalue weighted by Gasteiger charge is 2.14. The molecule has 1 aromatic rings. The minimum atomic E-state index is -0.201. The van der Waals surface area contributed by atoms with E-state index < -0.39 is 0 Å². The standard InChI is InChI=1S/C9H15N3O2/c1-5(13-2)9-8(11)6(10)4-7(12-9)14-3/h4-5H,11H2,1-3H3,(H2,10,12). The summed E-state index contributed by atoms with van der Waals surface area (Å²) in [5, 5.41) is 0. The van der Waals surface area contributed by atoms with Crippen LogP contribution in [0.4, 0.5) is 11.4 Å². The van der Waals surface area contributed by atoms with Gasteiger partial charge in [0.05, 0.1) is 30.3 Å². The molecular weight excluding hydrogens is 182 g/mol. The molecule has 1 atom stereocenters. The predicted octanol–water partition coefficient (Wildman–Crippen LogP) is 0.962. The van der Waals surface area contributed by atoms with E-state index in [1.807, 2.05) is 6.92 Å². The Kier molecular flexibility index (Phi) is 3.14. The van der Waals surface area contributed by atoms with Crippen LogP contribution >= 0.6 is 0 Å². The fraction of sp³-hybridized carbons (Fsp3) is 0.444. The second-order valence-corrected chi connectivity index (χ2v) is 2.93. The molecule has 1 rings (SSSR count). The summed E-state index contributed by atoms with van der Waals surface area (Å²) in [6, 6.07) is 1.58. The van der Waals surface area contributed by atoms with Gasteiger partial charge < -0.3 is 20.9 Å². The second kappa shape index (κ2) is 4.15. The van der Waals surface area contributed by atoms with E-state index in [-0.39, 0.29) is 6.10 Å². The van der Waals surface area contributed by atoms with Crippen LogP contribution in [0, 0.1) is 0 Å². The van der Waals surface area contributed by atoms with Gasteiger partial charge in [0.1, 0.15) is 0 Å². The normalized spacial score (nSPS) is 12.5. The van der Waals surface area contributed by atoms with Gasteiger partial charge in [-0.1, -0.05) is 0 Å². The van der Waals surface area contributed by atoms with Crippen LogP contribution in [0.25, 0.3) is 0 Å². The van der Waals surface area contributed by atoms with Crippen LogP contribution < -0.4 is 16.2 Å². The molecule has 0 radical (unpaired) electrons. The van der Waals surface area contributed by atoms with Crippen molar-refractivity contribution < 1.29 is 9.47 Å². The lowest BCUT2D eigenvalue weighted by molar-refractivity contribution is 0.116. The molecule has 0 aliphatic rings. The number of methoxy groups -OCH3 is 2. The van der Waals surface area contributed by atoms with E-state index in [2.05, 4.69) is 4.98 Å². The van der Waals surface area contributed by atoms with Gasteiger partial charge in [-0.15, -0.1) is 0 Å². The van der Waals surface area contributed by atoms with Crippen molar-refractivity contribution in [2.75, 3.05) is 25.7 Å². The Labute approximate surface area is 83.0 Å². The first-order chi connectivity index (χ1) is 6.60. The maximum absolute atomic E-state index is 5.76. The molecule has 0 amide bonds. The third kappa shape index (κ3) is 1.88. The minimum absolute atomic E-state index is 0.201. The molecule has 1 heterocycles. The van der Waals surface area contributed by atoms with E-state index in [1.165, 1.54) is 7.11 Å². The number of aromatic nitrogens is 1. The summed E-state index contributed by atoms with van der Waals surface area (Å²) in [4.78, 5) is 4.17. The highest BCUT2D eigenvalue weighted by Crippen LogP contribution is 2.28. The van der Waals surface area contributed by atoms with Gasteiger partial charge in [0.15, 0.2) is 0 Å². The van der Waals surface area contributed by atoms with Crippen molar-refractivity contribution >= 4 is 11.4 Å². The summed E-state index contributed by atoms with van der Waals surface area (Å²) in [7, 11) is 3.11. The quantitative estimate of drug-likeness (QED) is 0.754. The molecule has 0 aromatic carbocycles. The zero-order valence-electron chi connectivity index (χ0n) is 8.57. The van der Waals surface area contributed by atoms with Gasteiger partial charge in [-0.05, 0) is 6.92 Å². The topological polar surface area (TPSA) is 83.4 Å². The summed E-state index contributed by atoms with van der Waals surface area (Å²) in [5.74, 6) is 0.440. The molecule has 78 valence electrons. The van der Waals surface area contributed by atoms with Crippen molar-refractivity contribution in [1.82, 2.24) is 4.98 Å². The summed E-state index contributed by atoms with van der Waals surface area (Å²) >= 11 is 0. The van der Waals surface area contributed by atoms with Gasteiger partial charge in [0.2, 0.25) is 5.88 Å².